The second-order valence-corrected chi connectivity index (χ2v) is 9.27. The first-order valence-electron chi connectivity index (χ1n) is 10.3. The first-order chi connectivity index (χ1) is 14.7. The second kappa shape index (κ2) is 9.82. The maximum absolute atomic E-state index is 12.8. The predicted molar refractivity (Wildman–Crippen MR) is 123 cm³/mol. The number of hydrogen-bond acceptors (Lipinski definition) is 8. The molecular formula is C21H27N5O2S2. The summed E-state index contributed by atoms with van der Waals surface area (Å²) in [6.07, 6.45) is 2.52. The SMILES string of the molecule is CC[C@H](Nc1ncnc2sc(C(=O)NCCN3CCOCC3)c(C)c12)c1cccs1. The zero-order valence-corrected chi connectivity index (χ0v) is 18.9. The van der Waals surface area contributed by atoms with E-state index in [1.54, 1.807) is 17.7 Å². The highest BCUT2D eigenvalue weighted by Gasteiger charge is 2.21. The third-order valence-corrected chi connectivity index (χ3v) is 7.54. The Balaban J connectivity index is 1.49. The van der Waals surface area contributed by atoms with Gasteiger partial charge < -0.3 is 15.4 Å². The van der Waals surface area contributed by atoms with Gasteiger partial charge in [0.2, 0.25) is 0 Å². The lowest BCUT2D eigenvalue weighted by Crippen LogP contribution is -2.41. The molecule has 0 aliphatic carbocycles. The van der Waals surface area contributed by atoms with E-state index in [0.717, 1.165) is 60.9 Å². The minimum Gasteiger partial charge on any atom is -0.379 e. The Hall–Kier alpha value is -2.07. The van der Waals surface area contributed by atoms with E-state index in [4.69, 9.17) is 4.74 Å². The molecule has 1 saturated heterocycles. The molecule has 160 valence electrons. The molecule has 9 heteroatoms. The van der Waals surface area contributed by atoms with Crippen LogP contribution in [0, 0.1) is 6.92 Å². The summed E-state index contributed by atoms with van der Waals surface area (Å²) >= 11 is 3.17. The molecule has 1 aliphatic rings. The molecule has 0 saturated carbocycles. The number of ether oxygens (including phenoxy) is 1. The Morgan fingerprint density at radius 1 is 1.33 bits per heavy atom. The Labute approximate surface area is 184 Å². The summed E-state index contributed by atoms with van der Waals surface area (Å²) < 4.78 is 5.37. The van der Waals surface area contributed by atoms with Crippen LogP contribution in [0.4, 0.5) is 5.82 Å². The van der Waals surface area contributed by atoms with Crippen molar-refractivity contribution in [3.63, 3.8) is 0 Å². The predicted octanol–water partition coefficient (Wildman–Crippen LogP) is 3.69. The van der Waals surface area contributed by atoms with Crippen LogP contribution in [0.25, 0.3) is 10.2 Å². The molecule has 7 nitrogen and oxygen atoms in total. The molecule has 0 unspecified atom stereocenters. The molecule has 0 aromatic carbocycles. The summed E-state index contributed by atoms with van der Waals surface area (Å²) in [5.41, 5.74) is 0.933. The minimum atomic E-state index is -0.0417. The first kappa shape index (κ1) is 21.2. The van der Waals surface area contributed by atoms with Gasteiger partial charge >= 0.3 is 0 Å². The number of aromatic nitrogens is 2. The highest BCUT2D eigenvalue weighted by atomic mass is 32.1. The lowest BCUT2D eigenvalue weighted by Gasteiger charge is -2.26. The van der Waals surface area contributed by atoms with Crippen molar-refractivity contribution in [1.82, 2.24) is 20.2 Å². The highest BCUT2D eigenvalue weighted by Crippen LogP contribution is 2.35. The van der Waals surface area contributed by atoms with Crippen LogP contribution < -0.4 is 10.6 Å². The van der Waals surface area contributed by atoms with Crippen LogP contribution in [-0.2, 0) is 4.74 Å². The van der Waals surface area contributed by atoms with E-state index in [9.17, 15) is 4.79 Å². The van der Waals surface area contributed by atoms with E-state index in [0.29, 0.717) is 11.4 Å². The molecule has 0 bridgehead atoms. The van der Waals surface area contributed by atoms with Gasteiger partial charge in [-0.25, -0.2) is 9.97 Å². The standard InChI is InChI=1S/C21H27N5O2S2/c1-3-15(16-5-4-12-29-16)25-19-17-14(2)18(30-21(17)24-13-23-19)20(27)22-6-7-26-8-10-28-11-9-26/h4-5,12-13,15H,3,6-11H2,1-2H3,(H,22,27)(H,23,24,25)/t15-/m0/s1. The zero-order valence-electron chi connectivity index (χ0n) is 17.3. The van der Waals surface area contributed by atoms with Crippen LogP contribution in [-0.4, -0.2) is 60.2 Å². The number of thiophene rings is 2. The number of hydrogen-bond donors (Lipinski definition) is 2. The lowest BCUT2D eigenvalue weighted by atomic mass is 10.1. The molecule has 1 aliphatic heterocycles. The van der Waals surface area contributed by atoms with Crippen molar-refractivity contribution >= 4 is 44.6 Å². The Morgan fingerprint density at radius 3 is 2.90 bits per heavy atom. The van der Waals surface area contributed by atoms with Gasteiger partial charge in [0, 0.05) is 31.1 Å². The quantitative estimate of drug-likeness (QED) is 0.551. The van der Waals surface area contributed by atoms with Gasteiger partial charge in [0.05, 0.1) is 29.5 Å². The summed E-state index contributed by atoms with van der Waals surface area (Å²) in [5.74, 6) is 0.751. The van der Waals surface area contributed by atoms with Gasteiger partial charge in [0.1, 0.15) is 17.0 Å². The number of amides is 1. The molecular weight excluding hydrogens is 418 g/mol. The van der Waals surface area contributed by atoms with Crippen molar-refractivity contribution in [1.29, 1.82) is 0 Å². The molecule has 3 aromatic heterocycles. The third-order valence-electron chi connectivity index (χ3n) is 5.36. The number of morpholine rings is 1. The number of carbonyl (C=O) groups is 1. The van der Waals surface area contributed by atoms with E-state index in [-0.39, 0.29) is 11.9 Å². The van der Waals surface area contributed by atoms with Crippen molar-refractivity contribution in [2.24, 2.45) is 0 Å². The Morgan fingerprint density at radius 2 is 2.17 bits per heavy atom. The van der Waals surface area contributed by atoms with E-state index in [2.05, 4.69) is 49.9 Å². The normalized spacial score (nSPS) is 15.9. The maximum atomic E-state index is 12.8. The minimum absolute atomic E-state index is 0.0417. The molecule has 2 N–H and O–H groups in total. The summed E-state index contributed by atoms with van der Waals surface area (Å²) in [5, 5.41) is 9.66. The van der Waals surface area contributed by atoms with Crippen LogP contribution >= 0.6 is 22.7 Å². The smallest absolute Gasteiger partial charge is 0.261 e. The van der Waals surface area contributed by atoms with Gasteiger partial charge in [-0.05, 0) is 30.4 Å². The van der Waals surface area contributed by atoms with Crippen LogP contribution in [0.3, 0.4) is 0 Å². The number of carbonyl (C=O) groups excluding carboxylic acids is 1. The fourth-order valence-electron chi connectivity index (χ4n) is 3.66. The summed E-state index contributed by atoms with van der Waals surface area (Å²) in [7, 11) is 0. The van der Waals surface area contributed by atoms with E-state index in [1.807, 2.05) is 6.92 Å². The summed E-state index contributed by atoms with van der Waals surface area (Å²) in [6, 6.07) is 4.39. The molecule has 1 fully saturated rings. The van der Waals surface area contributed by atoms with Crippen molar-refractivity contribution in [2.75, 3.05) is 44.7 Å². The maximum Gasteiger partial charge on any atom is 0.261 e. The number of fused-ring (bicyclic) bond motifs is 1. The first-order valence-corrected chi connectivity index (χ1v) is 12.0. The molecule has 4 heterocycles. The fraction of sp³-hybridized carbons (Fsp3) is 0.476. The Kier molecular flexibility index (Phi) is 6.93. The average molecular weight is 446 g/mol. The number of rotatable bonds is 8. The third kappa shape index (κ3) is 4.64. The average Bonchev–Trinajstić information content (AvgIpc) is 3.41. The van der Waals surface area contributed by atoms with Crippen molar-refractivity contribution in [3.05, 3.63) is 39.2 Å². The summed E-state index contributed by atoms with van der Waals surface area (Å²) in [4.78, 5) is 26.9. The second-order valence-electron chi connectivity index (χ2n) is 7.29. The van der Waals surface area contributed by atoms with Crippen LogP contribution in [0.5, 0.6) is 0 Å². The number of nitrogens with zero attached hydrogens (tertiary/aromatic N) is 3. The van der Waals surface area contributed by atoms with Gasteiger partial charge in [-0.3, -0.25) is 9.69 Å². The molecule has 0 spiro atoms. The van der Waals surface area contributed by atoms with E-state index in [1.165, 1.54) is 16.2 Å². The monoisotopic (exact) mass is 445 g/mol. The zero-order chi connectivity index (χ0) is 20.9. The van der Waals surface area contributed by atoms with Gasteiger partial charge in [-0.1, -0.05) is 13.0 Å². The molecule has 0 radical (unpaired) electrons. The number of nitrogens with one attached hydrogen (secondary N) is 2. The van der Waals surface area contributed by atoms with Crippen molar-refractivity contribution in [2.45, 2.75) is 26.3 Å². The van der Waals surface area contributed by atoms with Crippen LogP contribution in [0.15, 0.2) is 23.8 Å². The van der Waals surface area contributed by atoms with Crippen LogP contribution in [0.2, 0.25) is 0 Å². The summed E-state index contributed by atoms with van der Waals surface area (Å²) in [6.45, 7) is 8.98. The molecule has 1 amide bonds. The van der Waals surface area contributed by atoms with Gasteiger partial charge in [0.15, 0.2) is 0 Å². The van der Waals surface area contributed by atoms with Gasteiger partial charge in [0.25, 0.3) is 5.91 Å². The largest absolute Gasteiger partial charge is 0.379 e. The van der Waals surface area contributed by atoms with Crippen LogP contribution in [0.1, 0.15) is 39.5 Å². The Bertz CT molecular complexity index is 983. The van der Waals surface area contributed by atoms with E-state index < -0.39 is 0 Å². The molecule has 3 aromatic rings. The number of anilines is 1. The molecule has 30 heavy (non-hydrogen) atoms. The molecule has 4 rings (SSSR count). The number of aryl methyl sites for hydroxylation is 1. The van der Waals surface area contributed by atoms with Gasteiger partial charge in [-0.15, -0.1) is 22.7 Å². The molecule has 1 atom stereocenters. The topological polar surface area (TPSA) is 79.4 Å². The van der Waals surface area contributed by atoms with Crippen molar-refractivity contribution in [3.8, 4) is 0 Å². The highest BCUT2D eigenvalue weighted by molar-refractivity contribution is 7.20. The lowest BCUT2D eigenvalue weighted by molar-refractivity contribution is 0.0383. The van der Waals surface area contributed by atoms with E-state index >= 15 is 0 Å². The van der Waals surface area contributed by atoms with Gasteiger partial charge in [-0.2, -0.15) is 0 Å². The van der Waals surface area contributed by atoms with Crippen molar-refractivity contribution < 1.29 is 9.53 Å². The fourth-order valence-corrected chi connectivity index (χ4v) is 5.59.